The monoisotopic (exact) mass is 474 g/mol. The van der Waals surface area contributed by atoms with E-state index in [-0.39, 0.29) is 6.04 Å². The fourth-order valence-electron chi connectivity index (χ4n) is 2.21. The lowest BCUT2D eigenvalue weighted by Crippen LogP contribution is -2.24. The van der Waals surface area contributed by atoms with Crippen LogP contribution in [-0.2, 0) is 6.42 Å². The maximum absolute atomic E-state index is 4.25. The van der Waals surface area contributed by atoms with Gasteiger partial charge < -0.3 is 5.32 Å². The van der Waals surface area contributed by atoms with E-state index in [9.17, 15) is 0 Å². The molecule has 1 heterocycles. The molecule has 0 bridgehead atoms. The smallest absolute Gasteiger partial charge is 0.0410 e. The van der Waals surface area contributed by atoms with Gasteiger partial charge in [-0.1, -0.05) is 38.8 Å². The van der Waals surface area contributed by atoms with Gasteiger partial charge in [0.1, 0.15) is 0 Å². The summed E-state index contributed by atoms with van der Waals surface area (Å²) in [6, 6.07) is 8.80. The highest BCUT2D eigenvalue weighted by molar-refractivity contribution is 9.11. The van der Waals surface area contributed by atoms with E-state index in [1.54, 1.807) is 0 Å². The largest absolute Gasteiger partial charge is 0.310 e. The molecule has 1 atom stereocenters. The van der Waals surface area contributed by atoms with E-state index in [1.807, 2.05) is 12.4 Å². The average Bonchev–Trinajstić information content (AvgIpc) is 2.42. The minimum atomic E-state index is 0.273. The number of pyridine rings is 1. The average molecular weight is 477 g/mol. The van der Waals surface area contributed by atoms with Crippen molar-refractivity contribution in [3.8, 4) is 0 Å². The molecule has 5 heteroatoms. The molecule has 2 aromatic rings. The highest BCUT2D eigenvalue weighted by Gasteiger charge is 2.13. The van der Waals surface area contributed by atoms with E-state index >= 15 is 0 Å². The molecule has 1 aromatic heterocycles. The quantitative estimate of drug-likeness (QED) is 0.582. The highest BCUT2D eigenvalue weighted by atomic mass is 79.9. The van der Waals surface area contributed by atoms with Gasteiger partial charge in [0.05, 0.1) is 0 Å². The van der Waals surface area contributed by atoms with Crippen LogP contribution in [0.1, 0.15) is 30.5 Å². The Morgan fingerprint density at radius 1 is 1.00 bits per heavy atom. The number of aromatic nitrogens is 1. The molecule has 0 aliphatic rings. The fourth-order valence-corrected chi connectivity index (χ4v) is 3.95. The van der Waals surface area contributed by atoms with Crippen LogP contribution in [0, 0.1) is 0 Å². The van der Waals surface area contributed by atoms with Crippen LogP contribution in [0.25, 0.3) is 0 Å². The van der Waals surface area contributed by atoms with Crippen molar-refractivity contribution in [1.29, 1.82) is 0 Å². The predicted molar refractivity (Wildman–Crippen MR) is 98.5 cm³/mol. The lowest BCUT2D eigenvalue weighted by molar-refractivity contribution is 0.528. The summed E-state index contributed by atoms with van der Waals surface area (Å²) in [6.45, 7) is 3.18. The van der Waals surface area contributed by atoms with Gasteiger partial charge >= 0.3 is 0 Å². The Labute approximate surface area is 151 Å². The third-order valence-corrected chi connectivity index (χ3v) is 4.48. The third-order valence-electron chi connectivity index (χ3n) is 3.13. The lowest BCUT2D eigenvalue weighted by atomic mass is 10.00. The Bertz CT molecular complexity index is 582. The van der Waals surface area contributed by atoms with Crippen molar-refractivity contribution in [3.05, 3.63) is 61.2 Å². The van der Waals surface area contributed by atoms with E-state index in [0.717, 1.165) is 32.8 Å². The first kappa shape index (κ1) is 17.1. The molecule has 0 radical (unpaired) electrons. The molecule has 0 amide bonds. The molecule has 112 valence electrons. The summed E-state index contributed by atoms with van der Waals surface area (Å²) in [6.07, 6.45) is 5.77. The lowest BCUT2D eigenvalue weighted by Gasteiger charge is -2.20. The van der Waals surface area contributed by atoms with Gasteiger partial charge in [0.15, 0.2) is 0 Å². The summed E-state index contributed by atoms with van der Waals surface area (Å²) in [5.74, 6) is 0. The predicted octanol–water partition coefficient (Wildman–Crippen LogP) is 5.65. The van der Waals surface area contributed by atoms with Crippen molar-refractivity contribution in [2.24, 2.45) is 0 Å². The molecule has 0 spiro atoms. The van der Waals surface area contributed by atoms with E-state index in [4.69, 9.17) is 0 Å². The molecule has 2 nitrogen and oxygen atoms in total. The number of nitrogens with one attached hydrogen (secondary N) is 1. The zero-order chi connectivity index (χ0) is 15.2. The second kappa shape index (κ2) is 8.42. The standard InChI is InChI=1S/C16H17Br3N2/c1-2-3-21-16(5-11-4-15(19)10-20-9-11)12-6-13(17)8-14(18)7-12/h4,6-10,16,21H,2-3,5H2,1H3. The van der Waals surface area contributed by atoms with Crippen LogP contribution in [-0.4, -0.2) is 11.5 Å². The number of nitrogens with zero attached hydrogens (tertiary/aromatic N) is 1. The molecule has 0 aliphatic heterocycles. The van der Waals surface area contributed by atoms with Crippen LogP contribution in [0.15, 0.2) is 50.1 Å². The molecule has 0 saturated carbocycles. The molecule has 2 rings (SSSR count). The van der Waals surface area contributed by atoms with E-state index < -0.39 is 0 Å². The number of rotatable bonds is 6. The van der Waals surface area contributed by atoms with Crippen LogP contribution in [0.2, 0.25) is 0 Å². The molecule has 0 fully saturated rings. The van der Waals surface area contributed by atoms with Gasteiger partial charge in [0.25, 0.3) is 0 Å². The second-order valence-corrected chi connectivity index (χ2v) is 7.67. The summed E-state index contributed by atoms with van der Waals surface area (Å²) in [5.41, 5.74) is 2.48. The SMILES string of the molecule is CCCNC(Cc1cncc(Br)c1)c1cc(Br)cc(Br)c1. The summed E-state index contributed by atoms with van der Waals surface area (Å²) in [7, 11) is 0. The molecule has 0 aliphatic carbocycles. The molecular weight excluding hydrogens is 460 g/mol. The Kier molecular flexibility index (Phi) is 6.86. The fraction of sp³-hybridized carbons (Fsp3) is 0.312. The van der Waals surface area contributed by atoms with Gasteiger partial charge in [0.2, 0.25) is 0 Å². The van der Waals surface area contributed by atoms with Crippen molar-refractivity contribution in [2.45, 2.75) is 25.8 Å². The topological polar surface area (TPSA) is 24.9 Å². The summed E-state index contributed by atoms with van der Waals surface area (Å²) in [5, 5.41) is 3.62. The van der Waals surface area contributed by atoms with E-state index in [1.165, 1.54) is 11.1 Å². The highest BCUT2D eigenvalue weighted by Crippen LogP contribution is 2.26. The Morgan fingerprint density at radius 2 is 1.71 bits per heavy atom. The van der Waals surface area contributed by atoms with E-state index in [0.29, 0.717) is 0 Å². The molecular formula is C16H17Br3N2. The minimum Gasteiger partial charge on any atom is -0.310 e. The van der Waals surface area contributed by atoms with Gasteiger partial charge in [-0.2, -0.15) is 0 Å². The second-order valence-electron chi connectivity index (χ2n) is 4.93. The van der Waals surface area contributed by atoms with Crippen molar-refractivity contribution in [3.63, 3.8) is 0 Å². The first-order valence-electron chi connectivity index (χ1n) is 6.87. The van der Waals surface area contributed by atoms with Crippen molar-refractivity contribution >= 4 is 47.8 Å². The zero-order valence-electron chi connectivity index (χ0n) is 11.7. The molecule has 21 heavy (non-hydrogen) atoms. The Balaban J connectivity index is 2.25. The normalized spacial score (nSPS) is 12.4. The zero-order valence-corrected chi connectivity index (χ0v) is 16.5. The van der Waals surface area contributed by atoms with Crippen LogP contribution < -0.4 is 5.32 Å². The van der Waals surface area contributed by atoms with Crippen molar-refractivity contribution in [2.75, 3.05) is 6.54 Å². The first-order valence-corrected chi connectivity index (χ1v) is 9.25. The third kappa shape index (κ3) is 5.47. The van der Waals surface area contributed by atoms with Gasteiger partial charge in [-0.25, -0.2) is 0 Å². The van der Waals surface area contributed by atoms with Gasteiger partial charge in [-0.15, -0.1) is 0 Å². The maximum atomic E-state index is 4.25. The minimum absolute atomic E-state index is 0.273. The number of hydrogen-bond acceptors (Lipinski definition) is 2. The Hall–Kier alpha value is -0.230. The number of benzene rings is 1. The first-order chi connectivity index (χ1) is 10.1. The molecule has 0 saturated heterocycles. The van der Waals surface area contributed by atoms with Crippen LogP contribution >= 0.6 is 47.8 Å². The van der Waals surface area contributed by atoms with Crippen LogP contribution in [0.4, 0.5) is 0 Å². The molecule has 1 aromatic carbocycles. The number of halogens is 3. The summed E-state index contributed by atoms with van der Waals surface area (Å²) >= 11 is 10.6. The maximum Gasteiger partial charge on any atom is 0.0410 e. The van der Waals surface area contributed by atoms with Gasteiger partial charge in [-0.05, 0) is 70.7 Å². The van der Waals surface area contributed by atoms with Gasteiger partial charge in [-0.3, -0.25) is 4.98 Å². The van der Waals surface area contributed by atoms with Gasteiger partial charge in [0, 0.05) is 31.9 Å². The van der Waals surface area contributed by atoms with Crippen LogP contribution in [0.5, 0.6) is 0 Å². The molecule has 1 N–H and O–H groups in total. The van der Waals surface area contributed by atoms with Crippen LogP contribution in [0.3, 0.4) is 0 Å². The Morgan fingerprint density at radius 3 is 2.33 bits per heavy atom. The van der Waals surface area contributed by atoms with Crippen molar-refractivity contribution in [1.82, 2.24) is 10.3 Å². The van der Waals surface area contributed by atoms with Crippen molar-refractivity contribution < 1.29 is 0 Å². The summed E-state index contributed by atoms with van der Waals surface area (Å²) < 4.78 is 3.19. The number of hydrogen-bond donors (Lipinski definition) is 1. The molecule has 1 unspecified atom stereocenters. The van der Waals surface area contributed by atoms with E-state index in [2.05, 4.69) is 89.3 Å². The summed E-state index contributed by atoms with van der Waals surface area (Å²) in [4.78, 5) is 4.25.